The molecule has 62 heavy (non-hydrogen) atoms. The zero-order chi connectivity index (χ0) is 40.7. The summed E-state index contributed by atoms with van der Waals surface area (Å²) < 4.78 is 9.76. The Kier molecular flexibility index (Phi) is 7.50. The zero-order valence-corrected chi connectivity index (χ0v) is 33.5. The Balaban J connectivity index is 1.25. The Labute approximate surface area is 356 Å². The van der Waals surface area contributed by atoms with Gasteiger partial charge < -0.3 is 0 Å². The molecule has 6 heteroatoms. The second kappa shape index (κ2) is 13.5. The number of benzene rings is 7. The number of para-hydroxylation sites is 6. The summed E-state index contributed by atoms with van der Waals surface area (Å²) in [5.74, 6) is 0. The lowest BCUT2D eigenvalue weighted by Crippen LogP contribution is -2.08. The smallest absolute Gasteiger partial charge is 0.131 e. The van der Waals surface area contributed by atoms with Gasteiger partial charge in [-0.05, 0) is 84.9 Å². The van der Waals surface area contributed by atoms with E-state index in [2.05, 4.69) is 212 Å². The lowest BCUT2D eigenvalue weighted by molar-refractivity contribution is 1.05. The van der Waals surface area contributed by atoms with Crippen LogP contribution >= 0.6 is 0 Å². The van der Waals surface area contributed by atoms with Crippen molar-refractivity contribution in [3.8, 4) is 45.3 Å². The van der Waals surface area contributed by atoms with Gasteiger partial charge in [0, 0.05) is 67.2 Å². The van der Waals surface area contributed by atoms with Gasteiger partial charge in [-0.15, -0.1) is 0 Å². The monoisotopic (exact) mass is 792 g/mol. The predicted octanol–water partition coefficient (Wildman–Crippen LogP) is 13.9. The molecule has 0 spiro atoms. The van der Waals surface area contributed by atoms with Crippen LogP contribution in [0.4, 0.5) is 0 Å². The Bertz CT molecular complexity index is 3580. The molecule has 6 aromatic heterocycles. The molecule has 0 aliphatic rings. The SMILES string of the molecule is c1ccc(-n2c3ccccc3c3c4ccccc4n(-c4cc(-c5ccccn5)c(-n5c6ccccc6c6c7ccccc7n(-c7ccccc7)c65)cc4-c4ccccn4)c32)cc1. The predicted molar refractivity (Wildman–Crippen MR) is 255 cm³/mol. The van der Waals surface area contributed by atoms with Crippen LogP contribution in [0.1, 0.15) is 0 Å². The highest BCUT2D eigenvalue weighted by molar-refractivity contribution is 6.24. The number of aromatic nitrogens is 6. The van der Waals surface area contributed by atoms with Gasteiger partial charge in [0.2, 0.25) is 0 Å². The molecule has 0 aliphatic carbocycles. The molecule has 6 nitrogen and oxygen atoms in total. The molecular formula is C56H36N6. The molecule has 0 bridgehead atoms. The highest BCUT2D eigenvalue weighted by atomic mass is 15.2. The first-order chi connectivity index (χ1) is 30.8. The van der Waals surface area contributed by atoms with Crippen LogP contribution in [-0.4, -0.2) is 28.2 Å². The van der Waals surface area contributed by atoms with Gasteiger partial charge in [0.1, 0.15) is 11.3 Å². The third-order valence-electron chi connectivity index (χ3n) is 12.5. The van der Waals surface area contributed by atoms with Crippen LogP contribution in [-0.2, 0) is 0 Å². The molecule has 0 radical (unpaired) electrons. The average molecular weight is 793 g/mol. The maximum absolute atomic E-state index is 5.10. The van der Waals surface area contributed by atoms with Crippen molar-refractivity contribution in [1.82, 2.24) is 28.2 Å². The first-order valence-electron chi connectivity index (χ1n) is 21.0. The first kappa shape index (κ1) is 34.4. The molecule has 0 saturated heterocycles. The van der Waals surface area contributed by atoms with Gasteiger partial charge in [-0.1, -0.05) is 121 Å². The van der Waals surface area contributed by atoms with E-state index in [4.69, 9.17) is 9.97 Å². The van der Waals surface area contributed by atoms with Crippen LogP contribution in [0.15, 0.2) is 219 Å². The Morgan fingerprint density at radius 1 is 0.290 bits per heavy atom. The van der Waals surface area contributed by atoms with E-state index in [-0.39, 0.29) is 0 Å². The summed E-state index contributed by atoms with van der Waals surface area (Å²) in [6, 6.07) is 73.7. The summed E-state index contributed by atoms with van der Waals surface area (Å²) >= 11 is 0. The van der Waals surface area contributed by atoms with E-state index in [1.807, 2.05) is 24.5 Å². The minimum absolute atomic E-state index is 0.876. The molecule has 0 N–H and O–H groups in total. The number of hydrogen-bond acceptors (Lipinski definition) is 2. The summed E-state index contributed by atoms with van der Waals surface area (Å²) in [6.07, 6.45) is 3.79. The van der Waals surface area contributed by atoms with Crippen LogP contribution in [0.3, 0.4) is 0 Å². The fourth-order valence-electron chi connectivity index (χ4n) is 9.96. The van der Waals surface area contributed by atoms with Crippen molar-refractivity contribution < 1.29 is 0 Å². The number of pyridine rings is 2. The van der Waals surface area contributed by atoms with Gasteiger partial charge in [-0.2, -0.15) is 0 Å². The lowest BCUT2D eigenvalue weighted by atomic mass is 10.00. The van der Waals surface area contributed by atoms with Crippen molar-refractivity contribution >= 4 is 65.7 Å². The summed E-state index contributed by atoms with van der Waals surface area (Å²) in [7, 11) is 0. The Morgan fingerprint density at radius 3 is 0.968 bits per heavy atom. The van der Waals surface area contributed by atoms with Gasteiger partial charge >= 0.3 is 0 Å². The van der Waals surface area contributed by atoms with Crippen molar-refractivity contribution in [2.24, 2.45) is 0 Å². The van der Waals surface area contributed by atoms with E-state index in [0.29, 0.717) is 0 Å². The summed E-state index contributed by atoms with van der Waals surface area (Å²) in [5, 5.41) is 7.21. The Hall–Kier alpha value is -8.48. The van der Waals surface area contributed by atoms with E-state index in [0.717, 1.165) is 78.6 Å². The second-order valence-corrected chi connectivity index (χ2v) is 15.8. The van der Waals surface area contributed by atoms with Gasteiger partial charge in [0.05, 0.1) is 44.8 Å². The van der Waals surface area contributed by atoms with Gasteiger partial charge in [0.15, 0.2) is 0 Å². The molecule has 290 valence electrons. The van der Waals surface area contributed by atoms with E-state index in [1.54, 1.807) is 0 Å². The molecular weight excluding hydrogens is 757 g/mol. The van der Waals surface area contributed by atoms with Crippen LogP contribution in [0.5, 0.6) is 0 Å². The van der Waals surface area contributed by atoms with Gasteiger partial charge in [-0.25, -0.2) is 0 Å². The fraction of sp³-hybridized carbons (Fsp3) is 0. The van der Waals surface area contributed by atoms with Crippen LogP contribution < -0.4 is 0 Å². The topological polar surface area (TPSA) is 45.5 Å². The molecule has 13 rings (SSSR count). The average Bonchev–Trinajstić information content (AvgIpc) is 4.07. The minimum atomic E-state index is 0.876. The maximum atomic E-state index is 5.10. The second-order valence-electron chi connectivity index (χ2n) is 15.8. The summed E-state index contributed by atoms with van der Waals surface area (Å²) in [6.45, 7) is 0. The lowest BCUT2D eigenvalue weighted by Gasteiger charge is -2.21. The van der Waals surface area contributed by atoms with E-state index in [9.17, 15) is 0 Å². The number of hydrogen-bond donors (Lipinski definition) is 0. The molecule has 0 aliphatic heterocycles. The van der Waals surface area contributed by atoms with Crippen molar-refractivity contribution in [3.63, 3.8) is 0 Å². The van der Waals surface area contributed by atoms with Crippen molar-refractivity contribution in [1.29, 1.82) is 0 Å². The summed E-state index contributed by atoms with van der Waals surface area (Å²) in [5.41, 5.74) is 14.7. The van der Waals surface area contributed by atoms with Gasteiger partial charge in [0.25, 0.3) is 0 Å². The Morgan fingerprint density at radius 2 is 0.613 bits per heavy atom. The number of nitrogens with zero attached hydrogens (tertiary/aromatic N) is 6. The molecule has 0 saturated carbocycles. The summed E-state index contributed by atoms with van der Waals surface area (Å²) in [4.78, 5) is 10.2. The molecule has 13 aromatic rings. The largest absolute Gasteiger partial charge is 0.295 e. The third-order valence-corrected chi connectivity index (χ3v) is 12.5. The van der Waals surface area contributed by atoms with Gasteiger partial charge in [-0.3, -0.25) is 28.2 Å². The molecule has 7 aromatic carbocycles. The van der Waals surface area contributed by atoms with Crippen LogP contribution in [0.2, 0.25) is 0 Å². The van der Waals surface area contributed by atoms with E-state index < -0.39 is 0 Å². The first-order valence-corrected chi connectivity index (χ1v) is 21.0. The number of rotatable bonds is 6. The van der Waals surface area contributed by atoms with E-state index >= 15 is 0 Å². The van der Waals surface area contributed by atoms with Crippen LogP contribution in [0, 0.1) is 0 Å². The van der Waals surface area contributed by atoms with Crippen molar-refractivity contribution in [2.45, 2.75) is 0 Å². The van der Waals surface area contributed by atoms with E-state index in [1.165, 1.54) is 32.3 Å². The zero-order valence-electron chi connectivity index (χ0n) is 33.5. The highest BCUT2D eigenvalue weighted by Gasteiger charge is 2.28. The third kappa shape index (κ3) is 4.92. The minimum Gasteiger partial charge on any atom is -0.295 e. The normalized spacial score (nSPS) is 11.9. The maximum Gasteiger partial charge on any atom is 0.131 e. The quantitative estimate of drug-likeness (QED) is 0.168. The fourth-order valence-corrected chi connectivity index (χ4v) is 9.96. The van der Waals surface area contributed by atoms with Crippen molar-refractivity contribution in [3.05, 3.63) is 219 Å². The molecule has 0 unspecified atom stereocenters. The highest BCUT2D eigenvalue weighted by Crippen LogP contribution is 2.47. The molecule has 0 amide bonds. The number of fused-ring (bicyclic) bond motifs is 10. The standard InChI is InChI=1S/C56H36N6/c1-3-19-37(20-4-1)59-47-29-11-7-23-39(47)53-41-25-9-13-31-49(41)61(55(53)59)51-35-44(46-28-16-18-34-58-46)52(36-43(51)45-27-15-17-33-57-45)62-50-32-14-10-26-42(50)54-40-24-8-12-30-48(40)60(56(54)62)38-21-5-2-6-22-38/h1-36H. The molecule has 0 atom stereocenters. The molecule has 0 fully saturated rings. The van der Waals surface area contributed by atoms with Crippen molar-refractivity contribution in [2.75, 3.05) is 0 Å². The molecule has 6 heterocycles. The van der Waals surface area contributed by atoms with Crippen LogP contribution in [0.25, 0.3) is 111 Å².